The second-order valence-electron chi connectivity index (χ2n) is 11.1. The summed E-state index contributed by atoms with van der Waals surface area (Å²) in [7, 11) is 0. The highest BCUT2D eigenvalue weighted by molar-refractivity contribution is 6.00. The van der Waals surface area contributed by atoms with Crippen molar-refractivity contribution in [3.05, 3.63) is 114 Å². The van der Waals surface area contributed by atoms with Crippen LogP contribution in [0.15, 0.2) is 97.1 Å². The molecule has 9 heteroatoms. The van der Waals surface area contributed by atoms with Crippen molar-refractivity contribution < 1.29 is 29.6 Å². The molecule has 1 atom stereocenters. The minimum absolute atomic E-state index is 0.0310. The van der Waals surface area contributed by atoms with Gasteiger partial charge in [-0.05, 0) is 78.0 Å². The van der Waals surface area contributed by atoms with Gasteiger partial charge in [-0.25, -0.2) is 4.79 Å². The first-order valence-electron chi connectivity index (χ1n) is 15.8. The molecule has 0 heterocycles. The van der Waals surface area contributed by atoms with Crippen molar-refractivity contribution >= 4 is 17.4 Å². The highest BCUT2D eigenvalue weighted by Crippen LogP contribution is 2.23. The van der Waals surface area contributed by atoms with Gasteiger partial charge in [0.1, 0.15) is 5.75 Å². The van der Waals surface area contributed by atoms with Crippen LogP contribution in [0.25, 0.3) is 11.1 Å². The Morgan fingerprint density at radius 1 is 0.717 bits per heavy atom. The van der Waals surface area contributed by atoms with E-state index in [2.05, 4.69) is 16.0 Å². The number of amides is 2. The normalized spacial score (nSPS) is 11.7. The molecule has 244 valence electrons. The summed E-state index contributed by atoms with van der Waals surface area (Å²) in [5.74, 6) is 0.0310. The summed E-state index contributed by atoms with van der Waals surface area (Å²) >= 11 is 0. The van der Waals surface area contributed by atoms with E-state index < -0.39 is 6.10 Å². The molecule has 4 aromatic rings. The van der Waals surface area contributed by atoms with Crippen molar-refractivity contribution in [3.8, 4) is 16.9 Å². The number of unbranched alkanes of at least 4 members (excludes halogenated alkanes) is 3. The Hall–Kier alpha value is -4.25. The first-order chi connectivity index (χ1) is 22.5. The molecule has 46 heavy (non-hydrogen) atoms. The topological polar surface area (TPSA) is 132 Å². The Labute approximate surface area is 271 Å². The van der Waals surface area contributed by atoms with Crippen LogP contribution in [-0.2, 0) is 22.7 Å². The van der Waals surface area contributed by atoms with E-state index in [4.69, 9.17) is 9.47 Å². The zero-order valence-corrected chi connectivity index (χ0v) is 26.2. The summed E-state index contributed by atoms with van der Waals surface area (Å²) in [6, 6.07) is 29.9. The van der Waals surface area contributed by atoms with E-state index >= 15 is 0 Å². The number of carbonyl (C=O) groups is 1. The molecule has 0 unspecified atom stereocenters. The van der Waals surface area contributed by atoms with Crippen LogP contribution in [-0.4, -0.2) is 54.3 Å². The van der Waals surface area contributed by atoms with Crippen molar-refractivity contribution in [1.29, 1.82) is 0 Å². The lowest BCUT2D eigenvalue weighted by Crippen LogP contribution is -2.22. The molecule has 9 nitrogen and oxygen atoms in total. The van der Waals surface area contributed by atoms with Gasteiger partial charge in [0.2, 0.25) is 0 Å². The lowest BCUT2D eigenvalue weighted by Gasteiger charge is -2.14. The van der Waals surface area contributed by atoms with Gasteiger partial charge in [0.15, 0.2) is 0 Å². The summed E-state index contributed by atoms with van der Waals surface area (Å²) < 4.78 is 11.5. The van der Waals surface area contributed by atoms with Crippen LogP contribution in [0.4, 0.5) is 16.2 Å². The number of carbonyl (C=O) groups excluding carboxylic acids is 1. The molecular weight excluding hydrogens is 582 g/mol. The van der Waals surface area contributed by atoms with Gasteiger partial charge >= 0.3 is 6.03 Å². The van der Waals surface area contributed by atoms with Crippen LogP contribution in [0.1, 0.15) is 48.5 Å². The molecule has 0 fully saturated rings. The van der Waals surface area contributed by atoms with E-state index in [0.29, 0.717) is 55.5 Å². The van der Waals surface area contributed by atoms with E-state index in [1.165, 1.54) is 6.07 Å². The molecule has 0 aliphatic rings. The number of hydrogen-bond donors (Lipinski definition) is 6. The van der Waals surface area contributed by atoms with Crippen LogP contribution < -0.4 is 16.0 Å². The Balaban J connectivity index is 1.01. The minimum Gasteiger partial charge on any atom is -0.508 e. The van der Waals surface area contributed by atoms with Crippen LogP contribution >= 0.6 is 0 Å². The molecule has 4 rings (SSSR count). The first-order valence-corrected chi connectivity index (χ1v) is 15.8. The zero-order valence-electron chi connectivity index (χ0n) is 26.2. The molecule has 0 saturated carbocycles. The van der Waals surface area contributed by atoms with Crippen molar-refractivity contribution in [2.24, 2.45) is 0 Å². The molecule has 0 spiro atoms. The maximum Gasteiger partial charge on any atom is 0.323 e. The number of aliphatic hydroxyl groups excluding tert-OH is 2. The quantitative estimate of drug-likeness (QED) is 0.0645. The van der Waals surface area contributed by atoms with Crippen LogP contribution in [0, 0.1) is 0 Å². The van der Waals surface area contributed by atoms with Crippen molar-refractivity contribution in [1.82, 2.24) is 5.32 Å². The van der Waals surface area contributed by atoms with Gasteiger partial charge in [0, 0.05) is 30.1 Å². The van der Waals surface area contributed by atoms with E-state index in [9.17, 15) is 20.1 Å². The van der Waals surface area contributed by atoms with Crippen LogP contribution in [0.3, 0.4) is 0 Å². The average Bonchev–Trinajstić information content (AvgIpc) is 3.07. The number of anilines is 2. The third-order valence-electron chi connectivity index (χ3n) is 7.44. The molecule has 6 N–H and O–H groups in total. The number of phenols is 1. The maximum absolute atomic E-state index is 12.6. The van der Waals surface area contributed by atoms with Gasteiger partial charge in [-0.15, -0.1) is 0 Å². The van der Waals surface area contributed by atoms with Gasteiger partial charge in [0.25, 0.3) is 0 Å². The van der Waals surface area contributed by atoms with Gasteiger partial charge in [-0.2, -0.15) is 0 Å². The Morgan fingerprint density at radius 3 is 2.24 bits per heavy atom. The van der Waals surface area contributed by atoms with Crippen LogP contribution in [0.2, 0.25) is 0 Å². The highest BCUT2D eigenvalue weighted by atomic mass is 16.5. The van der Waals surface area contributed by atoms with Crippen molar-refractivity contribution in [2.75, 3.05) is 43.5 Å². The number of benzene rings is 4. The third kappa shape index (κ3) is 11.9. The summed E-state index contributed by atoms with van der Waals surface area (Å²) in [6.07, 6.45) is 3.42. The number of aliphatic hydroxyl groups is 2. The number of aromatic hydroxyl groups is 1. The maximum atomic E-state index is 12.6. The fraction of sp³-hybridized carbons (Fsp3) is 0.324. The number of nitrogens with one attached hydrogen (secondary N) is 3. The van der Waals surface area contributed by atoms with Crippen molar-refractivity contribution in [3.63, 3.8) is 0 Å². The number of rotatable bonds is 19. The number of ether oxygens (including phenoxy) is 2. The molecule has 0 aliphatic heterocycles. The molecule has 2 amide bonds. The van der Waals surface area contributed by atoms with E-state index in [0.717, 1.165) is 48.9 Å². The monoisotopic (exact) mass is 627 g/mol. The minimum atomic E-state index is -0.691. The predicted molar refractivity (Wildman–Crippen MR) is 182 cm³/mol. The molecule has 0 aromatic heterocycles. The SMILES string of the molecule is O=C(Nc1cccc(COCCOCCCCCCNC[C@H](O)c2ccc(O)c(CO)c2)c1)Nc1cccc(-c2ccccc2)c1. The molecular formula is C37H45N3O6. The second kappa shape index (κ2) is 19.3. The fourth-order valence-electron chi connectivity index (χ4n) is 4.95. The highest BCUT2D eigenvalue weighted by Gasteiger charge is 2.10. The molecule has 0 saturated heterocycles. The smallest absolute Gasteiger partial charge is 0.323 e. The Bertz CT molecular complexity index is 1480. The second-order valence-corrected chi connectivity index (χ2v) is 11.1. The first kappa shape index (κ1) is 34.6. The third-order valence-corrected chi connectivity index (χ3v) is 7.44. The largest absolute Gasteiger partial charge is 0.508 e. The summed E-state index contributed by atoms with van der Waals surface area (Å²) in [5, 5.41) is 38.3. The standard InChI is InChI=1S/C37H45N3O6/c41-26-32-23-31(16-17-35(32)42)36(43)25-38-18-6-1-2-7-19-45-20-21-46-27-28-10-8-14-33(22-28)39-37(44)40-34-15-9-13-30(24-34)29-11-4-3-5-12-29/h3-5,8-17,22-24,36,38,41-43H,1-2,6-7,18-21,25-27H2,(H2,39,40,44)/t36-/m0/s1. The average molecular weight is 628 g/mol. The molecule has 0 bridgehead atoms. The number of hydrogen-bond acceptors (Lipinski definition) is 7. The van der Waals surface area contributed by atoms with Gasteiger partial charge in [-0.3, -0.25) is 0 Å². The van der Waals surface area contributed by atoms with Gasteiger partial charge in [0.05, 0.1) is 32.5 Å². The fourth-order valence-corrected chi connectivity index (χ4v) is 4.95. The zero-order chi connectivity index (χ0) is 32.4. The summed E-state index contributed by atoms with van der Waals surface area (Å²) in [5.41, 5.74) is 5.57. The summed E-state index contributed by atoms with van der Waals surface area (Å²) in [4.78, 5) is 12.6. The Morgan fingerprint density at radius 2 is 1.43 bits per heavy atom. The Kier molecular flexibility index (Phi) is 14.5. The predicted octanol–water partition coefficient (Wildman–Crippen LogP) is 6.61. The molecule has 0 radical (unpaired) electrons. The molecule has 0 aliphatic carbocycles. The van der Waals surface area contributed by atoms with Crippen LogP contribution in [0.5, 0.6) is 5.75 Å². The lowest BCUT2D eigenvalue weighted by molar-refractivity contribution is 0.0393. The lowest BCUT2D eigenvalue weighted by atomic mass is 10.1. The van der Waals surface area contributed by atoms with Gasteiger partial charge < -0.3 is 40.7 Å². The summed E-state index contributed by atoms with van der Waals surface area (Å²) in [6.45, 7) is 3.09. The number of urea groups is 1. The molecule has 4 aromatic carbocycles. The van der Waals surface area contributed by atoms with Gasteiger partial charge in [-0.1, -0.05) is 73.5 Å². The van der Waals surface area contributed by atoms with E-state index in [-0.39, 0.29) is 18.4 Å². The van der Waals surface area contributed by atoms with Crippen molar-refractivity contribution in [2.45, 2.75) is 45.0 Å². The van der Waals surface area contributed by atoms with E-state index in [1.807, 2.05) is 78.9 Å². The van der Waals surface area contributed by atoms with E-state index in [1.54, 1.807) is 12.1 Å².